The molecule has 0 aliphatic heterocycles. The average Bonchev–Trinajstić information content (AvgIpc) is 2.82. The largest absolute Gasteiger partial charge is 0.464 e. The molecule has 1 aromatic carbocycles. The number of hydrogen-bond acceptors (Lipinski definition) is 9. The predicted molar refractivity (Wildman–Crippen MR) is 141 cm³/mol. The Bertz CT molecular complexity index is 1220. The molecule has 0 aliphatic carbocycles. The van der Waals surface area contributed by atoms with Gasteiger partial charge in [0.2, 0.25) is 0 Å². The lowest BCUT2D eigenvalue weighted by Gasteiger charge is -2.10. The summed E-state index contributed by atoms with van der Waals surface area (Å²) in [7, 11) is 2.56. The first-order valence-corrected chi connectivity index (χ1v) is 11.6. The van der Waals surface area contributed by atoms with Crippen LogP contribution in [0.1, 0.15) is 31.3 Å². The number of methoxy groups -OCH3 is 2. The normalized spacial score (nSPS) is 9.71. The number of thiocarbonyl (C=S) groups is 1. The number of ether oxygens (including phenoxy) is 2. The number of amides is 1. The summed E-state index contributed by atoms with van der Waals surface area (Å²) in [6.07, 6.45) is 0. The number of nitrogen functional groups attached to an aromatic ring is 1. The van der Waals surface area contributed by atoms with Crippen LogP contribution in [0.15, 0.2) is 63.5 Å². The molecule has 35 heavy (non-hydrogen) atoms. The summed E-state index contributed by atoms with van der Waals surface area (Å²) in [4.78, 5) is 42.3. The van der Waals surface area contributed by atoms with Crippen LogP contribution in [0, 0.1) is 0 Å². The van der Waals surface area contributed by atoms with E-state index in [1.54, 1.807) is 42.5 Å². The zero-order valence-corrected chi connectivity index (χ0v) is 22.4. The molecule has 0 saturated carbocycles. The number of carbonyl (C=O) groups is 3. The Morgan fingerprint density at radius 2 is 1.43 bits per heavy atom. The Labute approximate surface area is 222 Å². The Morgan fingerprint density at radius 1 is 0.886 bits per heavy atom. The topological polar surface area (TPSA) is 146 Å². The van der Waals surface area contributed by atoms with Gasteiger partial charge in [-0.25, -0.2) is 19.6 Å². The summed E-state index contributed by atoms with van der Waals surface area (Å²) in [5.41, 5.74) is 6.19. The van der Waals surface area contributed by atoms with Crippen molar-refractivity contribution in [3.63, 3.8) is 0 Å². The van der Waals surface area contributed by atoms with E-state index in [-0.39, 0.29) is 28.2 Å². The maximum absolute atomic E-state index is 12.0. The Morgan fingerprint density at radius 3 is 1.97 bits per heavy atom. The second-order valence-corrected chi connectivity index (χ2v) is 8.65. The van der Waals surface area contributed by atoms with Gasteiger partial charge >= 0.3 is 11.9 Å². The molecule has 2 heterocycles. The molecular weight excluding hydrogens is 606 g/mol. The van der Waals surface area contributed by atoms with Crippen LogP contribution in [0.5, 0.6) is 0 Å². The van der Waals surface area contributed by atoms with Crippen LogP contribution < -0.4 is 16.4 Å². The third-order valence-corrected chi connectivity index (χ3v) is 5.01. The number of esters is 2. The van der Waals surface area contributed by atoms with Crippen molar-refractivity contribution in [2.24, 2.45) is 0 Å². The van der Waals surface area contributed by atoms with E-state index in [9.17, 15) is 14.4 Å². The number of halogens is 2. The van der Waals surface area contributed by atoms with Gasteiger partial charge in [-0.2, -0.15) is 0 Å². The number of rotatable bonds is 4. The molecule has 4 N–H and O–H groups in total. The molecule has 0 spiro atoms. The average molecular weight is 625 g/mol. The van der Waals surface area contributed by atoms with E-state index in [0.29, 0.717) is 20.3 Å². The minimum atomic E-state index is -0.575. The van der Waals surface area contributed by atoms with Crippen molar-refractivity contribution in [1.29, 1.82) is 0 Å². The Balaban J connectivity index is 0.000000303. The van der Waals surface area contributed by atoms with Gasteiger partial charge < -0.3 is 20.5 Å². The highest BCUT2D eigenvalue weighted by atomic mass is 79.9. The Hall–Kier alpha value is -3.42. The molecular formula is C22H19Br2N5O5S. The number of pyridine rings is 2. The zero-order chi connectivity index (χ0) is 26.0. The number of benzene rings is 1. The second kappa shape index (κ2) is 13.5. The molecule has 0 saturated heterocycles. The molecule has 0 unspecified atom stereocenters. The first-order valence-electron chi connectivity index (χ1n) is 9.57. The number of nitrogens with one attached hydrogen (secondary N) is 2. The fourth-order valence-electron chi connectivity index (χ4n) is 2.41. The lowest BCUT2D eigenvalue weighted by molar-refractivity contribution is 0.0585. The lowest BCUT2D eigenvalue weighted by atomic mass is 10.2. The Kier molecular flexibility index (Phi) is 10.7. The first-order chi connectivity index (χ1) is 16.6. The fraction of sp³-hybridized carbons (Fsp3) is 0.0909. The number of carbonyl (C=O) groups excluding carboxylic acids is 3. The molecule has 3 aromatic rings. The molecule has 0 atom stereocenters. The van der Waals surface area contributed by atoms with E-state index in [1.807, 2.05) is 6.07 Å². The van der Waals surface area contributed by atoms with Crippen LogP contribution >= 0.6 is 44.1 Å². The highest BCUT2D eigenvalue weighted by Gasteiger charge is 2.12. The van der Waals surface area contributed by atoms with Crippen molar-refractivity contribution in [1.82, 2.24) is 15.3 Å². The van der Waals surface area contributed by atoms with Crippen molar-refractivity contribution in [3.05, 3.63) is 80.5 Å². The summed E-state index contributed by atoms with van der Waals surface area (Å²) in [6, 6.07) is 14.9. The van der Waals surface area contributed by atoms with Gasteiger partial charge in [0.05, 0.1) is 14.2 Å². The van der Waals surface area contributed by atoms with Crippen LogP contribution in [-0.2, 0) is 9.47 Å². The summed E-state index contributed by atoms with van der Waals surface area (Å²) in [5, 5.41) is 5.36. The van der Waals surface area contributed by atoms with Crippen molar-refractivity contribution >= 4 is 78.7 Å². The van der Waals surface area contributed by atoms with Gasteiger partial charge in [0, 0.05) is 14.5 Å². The van der Waals surface area contributed by atoms with Crippen molar-refractivity contribution in [3.8, 4) is 0 Å². The van der Waals surface area contributed by atoms with E-state index in [2.05, 4.69) is 61.9 Å². The monoisotopic (exact) mass is 623 g/mol. The van der Waals surface area contributed by atoms with Gasteiger partial charge in [0.15, 0.2) is 16.5 Å². The van der Waals surface area contributed by atoms with Crippen LogP contribution in [-0.4, -0.2) is 47.1 Å². The van der Waals surface area contributed by atoms with Gasteiger partial charge in [-0.1, -0.05) is 50.1 Å². The van der Waals surface area contributed by atoms with Gasteiger partial charge in [0.1, 0.15) is 11.6 Å². The van der Waals surface area contributed by atoms with E-state index < -0.39 is 11.9 Å². The molecule has 0 radical (unpaired) electrons. The SMILES string of the molecule is COC(=O)c1cc(Br)cc(N)n1.COC(=O)c1cc(Br)cc(NC(=S)NC(=O)c2ccccc2)n1. The standard InChI is InChI=1S/C15H12BrN3O3S.C7H7BrN2O2/c1-22-14(21)11-7-10(16)8-12(17-11)18-15(23)19-13(20)9-5-3-2-4-6-9;1-12-7(11)5-2-4(8)3-6(9)10-5/h2-8H,1H3,(H2,17,18,19,20,23);2-3H,1H3,(H2,9,10). The first kappa shape index (κ1) is 27.8. The molecule has 0 bridgehead atoms. The van der Waals surface area contributed by atoms with E-state index in [4.69, 9.17) is 18.0 Å². The third-order valence-electron chi connectivity index (χ3n) is 3.89. The van der Waals surface area contributed by atoms with Crippen molar-refractivity contribution in [2.75, 3.05) is 25.3 Å². The third kappa shape index (κ3) is 9.03. The van der Waals surface area contributed by atoms with Crippen LogP contribution in [0.3, 0.4) is 0 Å². The van der Waals surface area contributed by atoms with Crippen LogP contribution in [0.4, 0.5) is 11.6 Å². The van der Waals surface area contributed by atoms with Gasteiger partial charge in [-0.3, -0.25) is 10.1 Å². The van der Waals surface area contributed by atoms with Gasteiger partial charge in [-0.05, 0) is 48.6 Å². The van der Waals surface area contributed by atoms with Crippen LogP contribution in [0.2, 0.25) is 0 Å². The minimum Gasteiger partial charge on any atom is -0.464 e. The van der Waals surface area contributed by atoms with E-state index in [0.717, 1.165) is 0 Å². The molecule has 0 fully saturated rings. The van der Waals surface area contributed by atoms with Crippen molar-refractivity contribution < 1.29 is 23.9 Å². The second-order valence-electron chi connectivity index (χ2n) is 6.41. The zero-order valence-electron chi connectivity index (χ0n) is 18.4. The number of hydrogen-bond donors (Lipinski definition) is 3. The van der Waals surface area contributed by atoms with Crippen LogP contribution in [0.25, 0.3) is 0 Å². The molecule has 2 aromatic heterocycles. The molecule has 182 valence electrons. The van der Waals surface area contributed by atoms with Gasteiger partial charge in [-0.15, -0.1) is 0 Å². The molecule has 13 heteroatoms. The number of anilines is 2. The minimum absolute atomic E-state index is 0.0697. The molecule has 1 amide bonds. The number of nitrogens with two attached hydrogens (primary N) is 1. The van der Waals surface area contributed by atoms with Gasteiger partial charge in [0.25, 0.3) is 5.91 Å². The summed E-state index contributed by atoms with van der Waals surface area (Å²) in [5.74, 6) is -0.828. The molecule has 3 rings (SSSR count). The molecule has 10 nitrogen and oxygen atoms in total. The maximum atomic E-state index is 12.0. The maximum Gasteiger partial charge on any atom is 0.356 e. The number of aromatic nitrogens is 2. The lowest BCUT2D eigenvalue weighted by Crippen LogP contribution is -2.34. The van der Waals surface area contributed by atoms with E-state index >= 15 is 0 Å². The summed E-state index contributed by atoms with van der Waals surface area (Å²) < 4.78 is 10.4. The van der Waals surface area contributed by atoms with E-state index in [1.165, 1.54) is 20.3 Å². The summed E-state index contributed by atoms with van der Waals surface area (Å²) in [6.45, 7) is 0. The van der Waals surface area contributed by atoms with Crippen molar-refractivity contribution in [2.45, 2.75) is 0 Å². The highest BCUT2D eigenvalue weighted by molar-refractivity contribution is 9.10. The quantitative estimate of drug-likeness (QED) is 0.288. The highest BCUT2D eigenvalue weighted by Crippen LogP contribution is 2.17. The molecule has 0 aliphatic rings. The number of nitrogens with zero attached hydrogens (tertiary/aromatic N) is 2. The fourth-order valence-corrected chi connectivity index (χ4v) is 3.49. The smallest absolute Gasteiger partial charge is 0.356 e. The summed E-state index contributed by atoms with van der Waals surface area (Å²) >= 11 is 11.5. The predicted octanol–water partition coefficient (Wildman–Crippen LogP) is 3.97.